The van der Waals surface area contributed by atoms with Gasteiger partial charge < -0.3 is 10.1 Å². The van der Waals surface area contributed by atoms with Crippen LogP contribution in [0.2, 0.25) is 5.02 Å². The summed E-state index contributed by atoms with van der Waals surface area (Å²) in [5.74, 6) is 0.603. The molecule has 0 aliphatic carbocycles. The van der Waals surface area contributed by atoms with Crippen molar-refractivity contribution in [3.8, 4) is 17.1 Å². The summed E-state index contributed by atoms with van der Waals surface area (Å²) in [6.45, 7) is 2.74. The molecular weight excluding hydrogens is 416 g/mol. The molecular formula is C22H19ClN6O2. The molecule has 0 saturated heterocycles. The molecule has 0 spiro atoms. The number of nitrogens with zero attached hydrogens (tertiary/aromatic N) is 5. The summed E-state index contributed by atoms with van der Waals surface area (Å²) in [5.41, 5.74) is 2.60. The van der Waals surface area contributed by atoms with Crippen molar-refractivity contribution in [3.63, 3.8) is 0 Å². The summed E-state index contributed by atoms with van der Waals surface area (Å²) < 4.78 is 7.26. The summed E-state index contributed by atoms with van der Waals surface area (Å²) in [4.78, 5) is 25.5. The second-order valence-corrected chi connectivity index (χ2v) is 6.94. The minimum Gasteiger partial charge on any atom is -0.495 e. The number of aromatic nitrogens is 5. The van der Waals surface area contributed by atoms with Crippen molar-refractivity contribution >= 4 is 29.0 Å². The van der Waals surface area contributed by atoms with E-state index in [1.54, 1.807) is 47.3 Å². The number of nitrogens with one attached hydrogen (secondary N) is 1. The fraction of sp³-hybridized carbons (Fsp3) is 0.136. The Morgan fingerprint density at radius 3 is 2.77 bits per heavy atom. The van der Waals surface area contributed by atoms with E-state index >= 15 is 0 Å². The summed E-state index contributed by atoms with van der Waals surface area (Å²) in [6.07, 6.45) is 4.96. The van der Waals surface area contributed by atoms with Crippen molar-refractivity contribution < 1.29 is 9.53 Å². The third kappa shape index (κ3) is 4.39. The molecule has 3 aromatic heterocycles. The SMILES string of the molecule is CCn1ccc(-c2nc(Nc3ccc(C(=O)c4ccccn4)cc3OC)ncc2Cl)n1. The average Bonchev–Trinajstić information content (AvgIpc) is 3.30. The number of methoxy groups -OCH3 is 1. The van der Waals surface area contributed by atoms with Gasteiger partial charge in [-0.15, -0.1) is 0 Å². The zero-order valence-corrected chi connectivity index (χ0v) is 17.7. The van der Waals surface area contributed by atoms with Crippen LogP contribution in [0.15, 0.2) is 61.1 Å². The van der Waals surface area contributed by atoms with Gasteiger partial charge in [-0.25, -0.2) is 9.97 Å². The molecule has 0 amide bonds. The number of pyridine rings is 1. The molecule has 1 N–H and O–H groups in total. The first-order chi connectivity index (χ1) is 15.1. The molecule has 156 valence electrons. The van der Waals surface area contributed by atoms with Gasteiger partial charge >= 0.3 is 0 Å². The number of anilines is 2. The van der Waals surface area contributed by atoms with E-state index in [0.29, 0.717) is 45.1 Å². The van der Waals surface area contributed by atoms with Crippen LogP contribution in [-0.4, -0.2) is 37.6 Å². The topological polar surface area (TPSA) is 94.8 Å². The van der Waals surface area contributed by atoms with Gasteiger partial charge in [-0.05, 0) is 43.3 Å². The molecule has 1 aromatic carbocycles. The highest BCUT2D eigenvalue weighted by atomic mass is 35.5. The maximum Gasteiger partial charge on any atom is 0.227 e. The van der Waals surface area contributed by atoms with Crippen molar-refractivity contribution in [2.75, 3.05) is 12.4 Å². The number of hydrogen-bond acceptors (Lipinski definition) is 7. The Morgan fingerprint density at radius 2 is 2.06 bits per heavy atom. The van der Waals surface area contributed by atoms with Gasteiger partial charge in [0, 0.05) is 24.5 Å². The summed E-state index contributed by atoms with van der Waals surface area (Å²) in [5, 5.41) is 7.97. The molecule has 31 heavy (non-hydrogen) atoms. The second kappa shape index (κ2) is 8.93. The van der Waals surface area contributed by atoms with E-state index in [1.807, 2.05) is 19.2 Å². The smallest absolute Gasteiger partial charge is 0.227 e. The fourth-order valence-corrected chi connectivity index (χ4v) is 3.16. The second-order valence-electron chi connectivity index (χ2n) is 6.53. The van der Waals surface area contributed by atoms with Crippen LogP contribution in [0.1, 0.15) is 23.0 Å². The minimum absolute atomic E-state index is 0.193. The Hall–Kier alpha value is -3.78. The Balaban J connectivity index is 1.62. The van der Waals surface area contributed by atoms with Gasteiger partial charge in [0.05, 0.1) is 24.0 Å². The summed E-state index contributed by atoms with van der Waals surface area (Å²) >= 11 is 6.29. The van der Waals surface area contributed by atoms with Gasteiger partial charge in [0.15, 0.2) is 0 Å². The summed E-state index contributed by atoms with van der Waals surface area (Å²) in [6, 6.07) is 12.1. The molecule has 0 saturated carbocycles. The Kier molecular flexibility index (Phi) is 5.90. The third-order valence-corrected chi connectivity index (χ3v) is 4.84. The van der Waals surface area contributed by atoms with E-state index in [-0.39, 0.29) is 5.78 Å². The first-order valence-electron chi connectivity index (χ1n) is 9.56. The van der Waals surface area contributed by atoms with Crippen LogP contribution < -0.4 is 10.1 Å². The molecule has 9 heteroatoms. The van der Waals surface area contributed by atoms with E-state index in [4.69, 9.17) is 16.3 Å². The van der Waals surface area contributed by atoms with Gasteiger partial charge in [0.1, 0.15) is 22.8 Å². The molecule has 8 nitrogen and oxygen atoms in total. The van der Waals surface area contributed by atoms with E-state index in [0.717, 1.165) is 6.54 Å². The third-order valence-electron chi connectivity index (χ3n) is 4.56. The van der Waals surface area contributed by atoms with Crippen LogP contribution >= 0.6 is 11.6 Å². The molecule has 0 fully saturated rings. The van der Waals surface area contributed by atoms with Gasteiger partial charge in [-0.2, -0.15) is 5.10 Å². The number of aryl methyl sites for hydroxylation is 1. The summed E-state index contributed by atoms with van der Waals surface area (Å²) in [7, 11) is 1.53. The largest absolute Gasteiger partial charge is 0.495 e. The number of carbonyl (C=O) groups excluding carboxylic acids is 1. The fourth-order valence-electron chi connectivity index (χ4n) is 2.97. The van der Waals surface area contributed by atoms with E-state index < -0.39 is 0 Å². The standard InChI is InChI=1S/C22H19ClN6O2/c1-3-29-11-9-17(28-29)20-15(23)13-25-22(27-20)26-16-8-7-14(12-19(16)31-2)21(30)18-6-4-5-10-24-18/h4-13H,3H2,1-2H3,(H,25,26,27). The maximum absolute atomic E-state index is 12.7. The molecule has 0 radical (unpaired) electrons. The van der Waals surface area contributed by atoms with Crippen molar-refractivity contribution in [2.24, 2.45) is 0 Å². The highest BCUT2D eigenvalue weighted by Crippen LogP contribution is 2.30. The first-order valence-corrected chi connectivity index (χ1v) is 9.94. The first kappa shape index (κ1) is 20.5. The molecule has 4 rings (SSSR count). The Bertz CT molecular complexity index is 1230. The Morgan fingerprint density at radius 1 is 1.19 bits per heavy atom. The molecule has 0 aliphatic rings. The number of benzene rings is 1. The van der Waals surface area contributed by atoms with Gasteiger partial charge in [-0.1, -0.05) is 17.7 Å². The van der Waals surface area contributed by atoms with Crippen molar-refractivity contribution in [1.82, 2.24) is 24.7 Å². The van der Waals surface area contributed by atoms with Gasteiger partial charge in [0.2, 0.25) is 11.7 Å². The minimum atomic E-state index is -0.193. The van der Waals surface area contributed by atoms with Crippen LogP contribution in [-0.2, 0) is 6.54 Å². The van der Waals surface area contributed by atoms with Crippen LogP contribution in [0.5, 0.6) is 5.75 Å². The van der Waals surface area contributed by atoms with E-state index in [9.17, 15) is 4.79 Å². The van der Waals surface area contributed by atoms with E-state index in [2.05, 4.69) is 25.4 Å². The number of ether oxygens (including phenoxy) is 1. The normalized spacial score (nSPS) is 10.7. The van der Waals surface area contributed by atoms with Crippen molar-refractivity contribution in [1.29, 1.82) is 0 Å². The lowest BCUT2D eigenvalue weighted by molar-refractivity contribution is 0.103. The zero-order chi connectivity index (χ0) is 21.8. The van der Waals surface area contributed by atoms with Crippen LogP contribution in [0.3, 0.4) is 0 Å². The van der Waals surface area contributed by atoms with Crippen LogP contribution in [0.25, 0.3) is 11.4 Å². The molecule has 0 unspecified atom stereocenters. The number of rotatable bonds is 7. The van der Waals surface area contributed by atoms with Crippen LogP contribution in [0, 0.1) is 0 Å². The average molecular weight is 435 g/mol. The number of ketones is 1. The zero-order valence-electron chi connectivity index (χ0n) is 16.9. The lowest BCUT2D eigenvalue weighted by Gasteiger charge is -2.12. The van der Waals surface area contributed by atoms with Gasteiger partial charge in [0.25, 0.3) is 0 Å². The quantitative estimate of drug-likeness (QED) is 0.431. The molecule has 0 aliphatic heterocycles. The van der Waals surface area contributed by atoms with Crippen LogP contribution in [0.4, 0.5) is 11.6 Å². The predicted molar refractivity (Wildman–Crippen MR) is 118 cm³/mol. The number of halogens is 1. The maximum atomic E-state index is 12.7. The molecule has 3 heterocycles. The van der Waals surface area contributed by atoms with E-state index in [1.165, 1.54) is 13.3 Å². The predicted octanol–water partition coefficient (Wildman–Crippen LogP) is 4.39. The lowest BCUT2D eigenvalue weighted by Crippen LogP contribution is -2.05. The highest BCUT2D eigenvalue weighted by Gasteiger charge is 2.15. The highest BCUT2D eigenvalue weighted by molar-refractivity contribution is 6.32. The molecule has 4 aromatic rings. The van der Waals surface area contributed by atoms with Gasteiger partial charge in [-0.3, -0.25) is 14.5 Å². The number of hydrogen-bond donors (Lipinski definition) is 1. The lowest BCUT2D eigenvalue weighted by atomic mass is 10.1. The molecule has 0 bridgehead atoms. The van der Waals surface area contributed by atoms with Crippen molar-refractivity contribution in [3.05, 3.63) is 77.3 Å². The monoisotopic (exact) mass is 434 g/mol. The Labute approximate surface area is 183 Å². The number of carbonyl (C=O) groups is 1. The van der Waals surface area contributed by atoms with Crippen molar-refractivity contribution in [2.45, 2.75) is 13.5 Å². The molecule has 0 atom stereocenters.